The van der Waals surface area contributed by atoms with Gasteiger partial charge in [0.2, 0.25) is 0 Å². The van der Waals surface area contributed by atoms with Crippen molar-refractivity contribution in [3.63, 3.8) is 0 Å². The minimum absolute atomic E-state index is 0. The van der Waals surface area contributed by atoms with Crippen LogP contribution in [0.4, 0.5) is 13.2 Å². The Kier molecular flexibility index (Phi) is 9.44. The highest BCUT2D eigenvalue weighted by molar-refractivity contribution is 14.0. The number of ether oxygens (including phenoxy) is 1. The van der Waals surface area contributed by atoms with Gasteiger partial charge < -0.3 is 15.4 Å². The SMILES string of the molecule is CCNC(=NCc1ccc(OC(C)(C)C)cc1C(F)(F)F)NCc1ccnn1C.I. The van der Waals surface area contributed by atoms with Gasteiger partial charge in [-0.3, -0.25) is 4.68 Å². The monoisotopic (exact) mass is 539 g/mol. The zero-order valence-corrected chi connectivity index (χ0v) is 20.1. The molecule has 0 aliphatic rings. The first-order chi connectivity index (χ1) is 13.5. The lowest BCUT2D eigenvalue weighted by atomic mass is 10.1. The van der Waals surface area contributed by atoms with Crippen LogP contribution in [0.15, 0.2) is 35.5 Å². The van der Waals surface area contributed by atoms with E-state index < -0.39 is 17.3 Å². The fraction of sp³-hybridized carbons (Fsp3) is 0.500. The van der Waals surface area contributed by atoms with E-state index in [2.05, 4.69) is 20.7 Å². The summed E-state index contributed by atoms with van der Waals surface area (Å²) in [5, 5.41) is 10.2. The summed E-state index contributed by atoms with van der Waals surface area (Å²) in [4.78, 5) is 4.32. The van der Waals surface area contributed by atoms with Crippen LogP contribution in [0.3, 0.4) is 0 Å². The molecule has 0 spiro atoms. The molecule has 2 N–H and O–H groups in total. The van der Waals surface area contributed by atoms with Crippen molar-refractivity contribution in [3.8, 4) is 5.75 Å². The molecule has 1 heterocycles. The number of aryl methyl sites for hydroxylation is 1. The predicted molar refractivity (Wildman–Crippen MR) is 122 cm³/mol. The van der Waals surface area contributed by atoms with Crippen molar-refractivity contribution in [1.29, 1.82) is 0 Å². The van der Waals surface area contributed by atoms with Crippen LogP contribution < -0.4 is 15.4 Å². The van der Waals surface area contributed by atoms with Gasteiger partial charge in [-0.15, -0.1) is 24.0 Å². The molecule has 0 amide bonds. The van der Waals surface area contributed by atoms with Crippen LogP contribution in [0.2, 0.25) is 0 Å². The predicted octanol–water partition coefficient (Wildman–Crippen LogP) is 4.49. The Hall–Kier alpha value is -1.98. The molecule has 1 aromatic heterocycles. The van der Waals surface area contributed by atoms with Crippen LogP contribution >= 0.6 is 24.0 Å². The highest BCUT2D eigenvalue weighted by atomic mass is 127. The molecule has 168 valence electrons. The second kappa shape index (κ2) is 10.9. The fourth-order valence-corrected chi connectivity index (χ4v) is 2.63. The maximum Gasteiger partial charge on any atom is 0.416 e. The minimum Gasteiger partial charge on any atom is -0.488 e. The molecule has 0 aliphatic heterocycles. The minimum atomic E-state index is -4.50. The van der Waals surface area contributed by atoms with Crippen LogP contribution in [0, 0.1) is 0 Å². The number of hydrogen-bond acceptors (Lipinski definition) is 3. The molecule has 2 aromatic rings. The Morgan fingerprint density at radius 1 is 1.17 bits per heavy atom. The van der Waals surface area contributed by atoms with Gasteiger partial charge in [-0.05, 0) is 51.5 Å². The van der Waals surface area contributed by atoms with Crippen LogP contribution in [0.1, 0.15) is 44.5 Å². The van der Waals surface area contributed by atoms with E-state index >= 15 is 0 Å². The third-order valence-corrected chi connectivity index (χ3v) is 3.92. The summed E-state index contributed by atoms with van der Waals surface area (Å²) in [5.74, 6) is 0.607. The van der Waals surface area contributed by atoms with Gasteiger partial charge >= 0.3 is 6.18 Å². The number of guanidine groups is 1. The van der Waals surface area contributed by atoms with Crippen LogP contribution in [0.5, 0.6) is 5.75 Å². The molecular formula is C20H29F3IN5O. The third kappa shape index (κ3) is 8.04. The van der Waals surface area contributed by atoms with E-state index in [0.29, 0.717) is 19.0 Å². The molecule has 0 unspecified atom stereocenters. The number of nitrogens with zero attached hydrogens (tertiary/aromatic N) is 3. The standard InChI is InChI=1S/C20H28F3N5O.HI/c1-6-24-18(26-13-15-9-10-27-28(15)5)25-12-14-7-8-16(29-19(2,3)4)11-17(14)20(21,22)23;/h7-11H,6,12-13H2,1-5H3,(H2,24,25,26);1H. The molecule has 0 radical (unpaired) electrons. The maximum atomic E-state index is 13.6. The summed E-state index contributed by atoms with van der Waals surface area (Å²) < 4.78 is 48.0. The van der Waals surface area contributed by atoms with Crippen molar-refractivity contribution in [2.24, 2.45) is 12.0 Å². The summed E-state index contributed by atoms with van der Waals surface area (Å²) in [6.07, 6.45) is -2.82. The van der Waals surface area contributed by atoms with Gasteiger partial charge in [0, 0.05) is 19.8 Å². The first-order valence-corrected chi connectivity index (χ1v) is 9.38. The van der Waals surface area contributed by atoms with Crippen molar-refractivity contribution >= 4 is 29.9 Å². The van der Waals surface area contributed by atoms with Crippen molar-refractivity contribution < 1.29 is 17.9 Å². The molecule has 30 heavy (non-hydrogen) atoms. The van der Waals surface area contributed by atoms with E-state index in [9.17, 15) is 13.2 Å². The summed E-state index contributed by atoms with van der Waals surface area (Å²) in [7, 11) is 1.82. The molecule has 0 aliphatic carbocycles. The van der Waals surface area contributed by atoms with Crippen LogP contribution in [-0.4, -0.2) is 27.9 Å². The number of aromatic nitrogens is 2. The molecule has 2 rings (SSSR count). The third-order valence-electron chi connectivity index (χ3n) is 3.92. The van der Waals surface area contributed by atoms with Crippen LogP contribution in [0.25, 0.3) is 0 Å². The van der Waals surface area contributed by atoms with Gasteiger partial charge in [0.15, 0.2) is 5.96 Å². The average molecular weight is 539 g/mol. The van der Waals surface area contributed by atoms with E-state index in [4.69, 9.17) is 4.74 Å². The van der Waals surface area contributed by atoms with Gasteiger partial charge in [-0.25, -0.2) is 4.99 Å². The second-order valence-electron chi connectivity index (χ2n) is 7.53. The summed E-state index contributed by atoms with van der Waals surface area (Å²) in [5.41, 5.74) is -0.325. The Labute approximate surface area is 192 Å². The summed E-state index contributed by atoms with van der Waals surface area (Å²) in [6.45, 7) is 8.17. The summed E-state index contributed by atoms with van der Waals surface area (Å²) >= 11 is 0. The van der Waals surface area contributed by atoms with Crippen molar-refractivity contribution in [2.75, 3.05) is 6.54 Å². The number of benzene rings is 1. The van der Waals surface area contributed by atoms with Gasteiger partial charge in [-0.1, -0.05) is 6.07 Å². The Morgan fingerprint density at radius 3 is 2.40 bits per heavy atom. The van der Waals surface area contributed by atoms with Gasteiger partial charge in [0.1, 0.15) is 11.4 Å². The number of alkyl halides is 3. The molecule has 6 nitrogen and oxygen atoms in total. The van der Waals surface area contributed by atoms with Gasteiger partial charge in [-0.2, -0.15) is 18.3 Å². The molecule has 0 saturated heterocycles. The molecular weight excluding hydrogens is 510 g/mol. The van der Waals surface area contributed by atoms with Crippen LogP contribution in [-0.2, 0) is 26.3 Å². The zero-order valence-electron chi connectivity index (χ0n) is 17.8. The van der Waals surface area contributed by atoms with Crippen molar-refractivity contribution in [3.05, 3.63) is 47.3 Å². The summed E-state index contributed by atoms with van der Waals surface area (Å²) in [6, 6.07) is 5.85. The number of nitrogens with one attached hydrogen (secondary N) is 2. The lowest BCUT2D eigenvalue weighted by Crippen LogP contribution is -2.37. The molecule has 0 saturated carbocycles. The fourth-order valence-electron chi connectivity index (χ4n) is 2.63. The molecule has 10 heteroatoms. The first-order valence-electron chi connectivity index (χ1n) is 9.38. The zero-order chi connectivity index (χ0) is 21.7. The maximum absolute atomic E-state index is 13.6. The Bertz CT molecular complexity index is 844. The number of hydrogen-bond donors (Lipinski definition) is 2. The number of rotatable bonds is 6. The number of halogens is 4. The van der Waals surface area contributed by atoms with E-state index in [-0.39, 0.29) is 41.8 Å². The van der Waals surface area contributed by atoms with E-state index in [1.807, 2.05) is 20.0 Å². The molecule has 1 aromatic carbocycles. The average Bonchev–Trinajstić information content (AvgIpc) is 3.01. The molecule has 0 bridgehead atoms. The molecule has 0 atom stereocenters. The lowest BCUT2D eigenvalue weighted by Gasteiger charge is -2.22. The highest BCUT2D eigenvalue weighted by Crippen LogP contribution is 2.35. The highest BCUT2D eigenvalue weighted by Gasteiger charge is 2.34. The van der Waals surface area contributed by atoms with E-state index in [1.54, 1.807) is 37.7 Å². The lowest BCUT2D eigenvalue weighted by molar-refractivity contribution is -0.138. The van der Waals surface area contributed by atoms with E-state index in [0.717, 1.165) is 11.8 Å². The molecule has 0 fully saturated rings. The van der Waals surface area contributed by atoms with Crippen molar-refractivity contribution in [2.45, 2.75) is 52.6 Å². The van der Waals surface area contributed by atoms with Gasteiger partial charge in [0.05, 0.1) is 24.3 Å². The topological polar surface area (TPSA) is 63.5 Å². The normalized spacial score (nSPS) is 12.3. The van der Waals surface area contributed by atoms with Crippen molar-refractivity contribution in [1.82, 2.24) is 20.4 Å². The Morgan fingerprint density at radius 2 is 1.87 bits per heavy atom. The largest absolute Gasteiger partial charge is 0.488 e. The smallest absolute Gasteiger partial charge is 0.416 e. The van der Waals surface area contributed by atoms with E-state index in [1.165, 1.54) is 6.07 Å². The Balaban J connectivity index is 0.00000450. The van der Waals surface area contributed by atoms with Gasteiger partial charge in [0.25, 0.3) is 0 Å². The number of aliphatic imine (C=N–C) groups is 1. The quantitative estimate of drug-likeness (QED) is 0.323. The first kappa shape index (κ1) is 26.1. The second-order valence-corrected chi connectivity index (χ2v) is 7.53.